The molecule has 0 heterocycles. The summed E-state index contributed by atoms with van der Waals surface area (Å²) in [5.41, 5.74) is 0.990. The van der Waals surface area contributed by atoms with Gasteiger partial charge in [-0.15, -0.1) is 0 Å². The second kappa shape index (κ2) is 5.95. The Labute approximate surface area is 94.7 Å². The minimum absolute atomic E-state index is 0.0922. The maximum atomic E-state index is 9.22. The molecule has 0 fully saturated rings. The van der Waals surface area contributed by atoms with Gasteiger partial charge in [0.2, 0.25) is 0 Å². The van der Waals surface area contributed by atoms with E-state index >= 15 is 0 Å². The second-order valence-corrected chi connectivity index (χ2v) is 3.86. The van der Waals surface area contributed by atoms with Gasteiger partial charge < -0.3 is 15.5 Å². The van der Waals surface area contributed by atoms with Crippen LogP contribution in [-0.4, -0.2) is 22.9 Å². The lowest BCUT2D eigenvalue weighted by Gasteiger charge is -2.14. The molecule has 1 aromatic carbocycles. The Hall–Kier alpha value is -0.770. The summed E-state index contributed by atoms with van der Waals surface area (Å²) in [7, 11) is 0. The van der Waals surface area contributed by atoms with Gasteiger partial charge in [-0.1, -0.05) is 24.6 Å². The van der Waals surface area contributed by atoms with Crippen LogP contribution in [0.3, 0.4) is 0 Å². The number of aliphatic hydroxyl groups excluding tert-OH is 1. The van der Waals surface area contributed by atoms with Gasteiger partial charge in [-0.25, -0.2) is 0 Å². The first-order valence-electron chi connectivity index (χ1n) is 4.99. The van der Waals surface area contributed by atoms with Crippen LogP contribution in [0.2, 0.25) is 5.02 Å². The Morgan fingerprint density at radius 1 is 1.47 bits per heavy atom. The molecule has 3 N–H and O–H groups in total. The highest BCUT2D eigenvalue weighted by Gasteiger charge is 2.04. The monoisotopic (exact) mass is 229 g/mol. The summed E-state index contributed by atoms with van der Waals surface area (Å²) in [5, 5.41) is 21.7. The van der Waals surface area contributed by atoms with Gasteiger partial charge >= 0.3 is 0 Å². The molecule has 0 aliphatic rings. The molecule has 0 saturated carbocycles. The summed E-state index contributed by atoms with van der Waals surface area (Å²) < 4.78 is 0. The predicted molar refractivity (Wildman–Crippen MR) is 61.1 cm³/mol. The summed E-state index contributed by atoms with van der Waals surface area (Å²) in [6.07, 6.45) is 0.877. The van der Waals surface area contributed by atoms with E-state index in [9.17, 15) is 5.11 Å². The van der Waals surface area contributed by atoms with Gasteiger partial charge in [0.1, 0.15) is 5.75 Å². The van der Waals surface area contributed by atoms with Crippen molar-refractivity contribution < 1.29 is 10.2 Å². The standard InChI is InChI=1S/C11H16ClNO2/c1-2-9(7-14)13-6-8-3-4-11(15)10(12)5-8/h3-5,9,13-15H,2,6-7H2,1H3. The fourth-order valence-corrected chi connectivity index (χ4v) is 1.46. The van der Waals surface area contributed by atoms with Crippen molar-refractivity contribution in [1.29, 1.82) is 0 Å². The van der Waals surface area contributed by atoms with Crippen molar-refractivity contribution in [2.45, 2.75) is 25.9 Å². The van der Waals surface area contributed by atoms with Gasteiger partial charge in [0, 0.05) is 12.6 Å². The van der Waals surface area contributed by atoms with E-state index < -0.39 is 0 Å². The number of halogens is 1. The third-order valence-corrected chi connectivity index (χ3v) is 2.62. The molecule has 0 aliphatic heterocycles. The Morgan fingerprint density at radius 3 is 2.73 bits per heavy atom. The molecule has 0 amide bonds. The maximum Gasteiger partial charge on any atom is 0.134 e. The van der Waals surface area contributed by atoms with Gasteiger partial charge in [0.15, 0.2) is 0 Å². The summed E-state index contributed by atoms with van der Waals surface area (Å²) in [6.45, 7) is 2.78. The molecule has 3 nitrogen and oxygen atoms in total. The van der Waals surface area contributed by atoms with E-state index in [2.05, 4.69) is 5.32 Å². The lowest BCUT2D eigenvalue weighted by atomic mass is 10.2. The Bertz CT molecular complexity index is 313. The zero-order valence-electron chi connectivity index (χ0n) is 8.70. The smallest absolute Gasteiger partial charge is 0.134 e. The van der Waals surface area contributed by atoms with Gasteiger partial charge in [-0.3, -0.25) is 0 Å². The topological polar surface area (TPSA) is 52.5 Å². The highest BCUT2D eigenvalue weighted by Crippen LogP contribution is 2.23. The second-order valence-electron chi connectivity index (χ2n) is 3.45. The average molecular weight is 230 g/mol. The van der Waals surface area contributed by atoms with Crippen molar-refractivity contribution in [1.82, 2.24) is 5.32 Å². The number of hydrogen-bond donors (Lipinski definition) is 3. The van der Waals surface area contributed by atoms with Crippen molar-refractivity contribution in [3.05, 3.63) is 28.8 Å². The molecule has 0 aromatic heterocycles. The molecule has 1 aromatic rings. The van der Waals surface area contributed by atoms with Crippen LogP contribution in [0.25, 0.3) is 0 Å². The molecular weight excluding hydrogens is 214 g/mol. The molecule has 1 atom stereocenters. The first-order valence-corrected chi connectivity index (χ1v) is 5.36. The number of phenolic OH excluding ortho intramolecular Hbond substituents is 1. The minimum Gasteiger partial charge on any atom is -0.506 e. The van der Waals surface area contributed by atoms with E-state index in [4.69, 9.17) is 16.7 Å². The molecule has 1 unspecified atom stereocenters. The normalized spacial score (nSPS) is 12.7. The summed E-state index contributed by atoms with van der Waals surface area (Å²) in [6, 6.07) is 5.20. The molecule has 0 saturated heterocycles. The fraction of sp³-hybridized carbons (Fsp3) is 0.455. The van der Waals surface area contributed by atoms with Crippen LogP contribution in [0.5, 0.6) is 5.75 Å². The molecule has 4 heteroatoms. The lowest BCUT2D eigenvalue weighted by Crippen LogP contribution is -2.31. The van der Waals surface area contributed by atoms with Crippen LogP contribution < -0.4 is 5.32 Å². The van der Waals surface area contributed by atoms with Crippen LogP contribution in [0, 0.1) is 0 Å². The number of rotatable bonds is 5. The van der Waals surface area contributed by atoms with Crippen molar-refractivity contribution in [3.63, 3.8) is 0 Å². The van der Waals surface area contributed by atoms with E-state index in [1.54, 1.807) is 18.2 Å². The number of benzene rings is 1. The third-order valence-electron chi connectivity index (χ3n) is 2.32. The molecule has 84 valence electrons. The molecule has 15 heavy (non-hydrogen) atoms. The molecular formula is C11H16ClNO2. The lowest BCUT2D eigenvalue weighted by molar-refractivity contribution is 0.238. The highest BCUT2D eigenvalue weighted by atomic mass is 35.5. The Balaban J connectivity index is 2.54. The van der Waals surface area contributed by atoms with Crippen molar-refractivity contribution in [2.24, 2.45) is 0 Å². The van der Waals surface area contributed by atoms with Crippen LogP contribution in [-0.2, 0) is 6.54 Å². The maximum absolute atomic E-state index is 9.22. The zero-order valence-corrected chi connectivity index (χ0v) is 9.46. The number of nitrogens with one attached hydrogen (secondary N) is 1. The summed E-state index contributed by atoms with van der Waals surface area (Å²) in [4.78, 5) is 0. The number of aliphatic hydroxyl groups is 1. The van der Waals surface area contributed by atoms with Gasteiger partial charge in [-0.2, -0.15) is 0 Å². The van der Waals surface area contributed by atoms with Gasteiger partial charge in [0.25, 0.3) is 0 Å². The van der Waals surface area contributed by atoms with E-state index in [0.717, 1.165) is 12.0 Å². The van der Waals surface area contributed by atoms with Crippen molar-refractivity contribution >= 4 is 11.6 Å². The highest BCUT2D eigenvalue weighted by molar-refractivity contribution is 6.32. The van der Waals surface area contributed by atoms with E-state index in [-0.39, 0.29) is 18.4 Å². The molecule has 0 spiro atoms. The molecule has 1 rings (SSSR count). The van der Waals surface area contributed by atoms with Crippen LogP contribution in [0.1, 0.15) is 18.9 Å². The first-order chi connectivity index (χ1) is 7.17. The summed E-state index contributed by atoms with van der Waals surface area (Å²) in [5.74, 6) is 0.0922. The molecule has 0 radical (unpaired) electrons. The number of phenols is 1. The first kappa shape index (κ1) is 12.3. The predicted octanol–water partition coefficient (Wildman–Crippen LogP) is 1.91. The minimum atomic E-state index is 0.0922. The van der Waals surface area contributed by atoms with E-state index in [1.165, 1.54) is 0 Å². The number of aromatic hydroxyl groups is 1. The van der Waals surface area contributed by atoms with Crippen molar-refractivity contribution in [2.75, 3.05) is 6.61 Å². The van der Waals surface area contributed by atoms with E-state index in [1.807, 2.05) is 6.92 Å². The van der Waals surface area contributed by atoms with Crippen LogP contribution in [0.15, 0.2) is 18.2 Å². The molecule has 0 aliphatic carbocycles. The quantitative estimate of drug-likeness (QED) is 0.723. The average Bonchev–Trinajstić information content (AvgIpc) is 2.24. The third kappa shape index (κ3) is 3.70. The molecule has 0 bridgehead atoms. The summed E-state index contributed by atoms with van der Waals surface area (Å²) >= 11 is 5.77. The van der Waals surface area contributed by atoms with Crippen LogP contribution >= 0.6 is 11.6 Å². The Kier molecular flexibility index (Phi) is 4.88. The zero-order chi connectivity index (χ0) is 11.3. The largest absolute Gasteiger partial charge is 0.506 e. The van der Waals surface area contributed by atoms with Crippen LogP contribution in [0.4, 0.5) is 0 Å². The van der Waals surface area contributed by atoms with E-state index in [0.29, 0.717) is 11.6 Å². The van der Waals surface area contributed by atoms with Gasteiger partial charge in [-0.05, 0) is 24.1 Å². The number of hydrogen-bond acceptors (Lipinski definition) is 3. The van der Waals surface area contributed by atoms with Crippen molar-refractivity contribution in [3.8, 4) is 5.75 Å². The SMILES string of the molecule is CCC(CO)NCc1ccc(O)c(Cl)c1. The van der Waals surface area contributed by atoms with Gasteiger partial charge in [0.05, 0.1) is 11.6 Å². The fourth-order valence-electron chi connectivity index (χ4n) is 1.26. The Morgan fingerprint density at radius 2 is 2.20 bits per heavy atom.